The summed E-state index contributed by atoms with van der Waals surface area (Å²) in [6.45, 7) is 1.97. The molecule has 5 nitrogen and oxygen atoms in total. The Labute approximate surface area is 144 Å². The van der Waals surface area contributed by atoms with E-state index in [1.54, 1.807) is 6.20 Å². The molecule has 0 saturated heterocycles. The van der Waals surface area contributed by atoms with Crippen molar-refractivity contribution in [2.75, 3.05) is 5.32 Å². The monoisotopic (exact) mass is 338 g/mol. The quantitative estimate of drug-likeness (QED) is 0.769. The first-order valence-corrected chi connectivity index (χ1v) is 8.85. The predicted molar refractivity (Wildman–Crippen MR) is 95.1 cm³/mol. The number of rotatable bonds is 5. The smallest absolute Gasteiger partial charge is 0.230 e. The van der Waals surface area contributed by atoms with Crippen molar-refractivity contribution in [2.45, 2.75) is 32.2 Å². The molecule has 3 aromatic rings. The molecule has 2 aromatic heterocycles. The largest absolute Gasteiger partial charge is 0.302 e. The fraction of sp³-hybridized carbons (Fsp3) is 0.278. The Morgan fingerprint density at radius 1 is 1.25 bits per heavy atom. The number of aryl methyl sites for hydroxylation is 1. The molecule has 4 rings (SSSR count). The van der Waals surface area contributed by atoms with Gasteiger partial charge in [-0.25, -0.2) is 4.98 Å². The highest BCUT2D eigenvalue weighted by Gasteiger charge is 2.24. The second-order valence-corrected chi connectivity index (χ2v) is 7.37. The summed E-state index contributed by atoms with van der Waals surface area (Å²) < 4.78 is 2.05. The first kappa shape index (κ1) is 15.1. The Kier molecular flexibility index (Phi) is 3.90. The van der Waals surface area contributed by atoms with Gasteiger partial charge in [0.25, 0.3) is 0 Å². The van der Waals surface area contributed by atoms with Crippen LogP contribution in [0, 0.1) is 6.92 Å². The summed E-state index contributed by atoms with van der Waals surface area (Å²) >= 11 is 1.48. The van der Waals surface area contributed by atoms with E-state index in [-0.39, 0.29) is 5.91 Å². The molecule has 1 saturated carbocycles. The zero-order valence-electron chi connectivity index (χ0n) is 13.4. The maximum atomic E-state index is 12.1. The van der Waals surface area contributed by atoms with E-state index in [1.165, 1.54) is 24.2 Å². The number of thiazole rings is 1. The van der Waals surface area contributed by atoms with Crippen LogP contribution < -0.4 is 5.32 Å². The number of carbonyl (C=O) groups excluding carboxylic acids is 1. The number of benzene rings is 1. The number of amides is 1. The Morgan fingerprint density at radius 2 is 2.04 bits per heavy atom. The van der Waals surface area contributed by atoms with Crippen molar-refractivity contribution in [1.82, 2.24) is 14.8 Å². The molecule has 6 heteroatoms. The van der Waals surface area contributed by atoms with Crippen molar-refractivity contribution in [3.8, 4) is 11.1 Å². The predicted octanol–water partition coefficient (Wildman–Crippen LogP) is 3.83. The molecule has 1 amide bonds. The molecule has 2 heterocycles. The van der Waals surface area contributed by atoms with Gasteiger partial charge in [0.1, 0.15) is 0 Å². The maximum absolute atomic E-state index is 12.1. The van der Waals surface area contributed by atoms with Gasteiger partial charge >= 0.3 is 0 Å². The van der Waals surface area contributed by atoms with Crippen molar-refractivity contribution in [3.63, 3.8) is 0 Å². The SMILES string of the molecule is Cc1cnc(NC(=O)Cc2ccc(-c3cnn(C4CC4)c3)cc2)s1. The lowest BCUT2D eigenvalue weighted by molar-refractivity contribution is -0.115. The fourth-order valence-corrected chi connectivity index (χ4v) is 3.28. The Balaban J connectivity index is 1.40. The van der Waals surface area contributed by atoms with Crippen LogP contribution >= 0.6 is 11.3 Å². The number of hydrogen-bond acceptors (Lipinski definition) is 4. The molecule has 24 heavy (non-hydrogen) atoms. The lowest BCUT2D eigenvalue weighted by Gasteiger charge is -2.03. The highest BCUT2D eigenvalue weighted by atomic mass is 32.1. The number of nitrogens with one attached hydrogen (secondary N) is 1. The van der Waals surface area contributed by atoms with E-state index in [9.17, 15) is 4.79 Å². The Morgan fingerprint density at radius 3 is 2.71 bits per heavy atom. The summed E-state index contributed by atoms with van der Waals surface area (Å²) in [5, 5.41) is 7.91. The van der Waals surface area contributed by atoms with E-state index in [0.717, 1.165) is 21.6 Å². The topological polar surface area (TPSA) is 59.8 Å². The molecule has 1 N–H and O–H groups in total. The molecule has 1 aliphatic carbocycles. The number of carbonyl (C=O) groups is 1. The van der Waals surface area contributed by atoms with Gasteiger partial charge in [-0.05, 0) is 30.9 Å². The molecule has 0 radical (unpaired) electrons. The first-order valence-electron chi connectivity index (χ1n) is 8.03. The molecule has 0 bridgehead atoms. The molecule has 0 atom stereocenters. The van der Waals surface area contributed by atoms with Gasteiger partial charge in [0.2, 0.25) is 5.91 Å². The van der Waals surface area contributed by atoms with Crippen molar-refractivity contribution in [3.05, 3.63) is 53.3 Å². The van der Waals surface area contributed by atoms with Gasteiger partial charge in [-0.15, -0.1) is 11.3 Å². The minimum Gasteiger partial charge on any atom is -0.302 e. The summed E-state index contributed by atoms with van der Waals surface area (Å²) in [6, 6.07) is 8.68. The molecule has 0 spiro atoms. The van der Waals surface area contributed by atoms with Crippen LogP contribution in [-0.2, 0) is 11.2 Å². The number of aromatic nitrogens is 3. The zero-order chi connectivity index (χ0) is 16.5. The van der Waals surface area contributed by atoms with Gasteiger partial charge in [0.05, 0.1) is 18.7 Å². The molecule has 122 valence electrons. The minimum absolute atomic E-state index is 0.0429. The molecular weight excluding hydrogens is 320 g/mol. The third-order valence-corrected chi connectivity index (χ3v) is 4.87. The van der Waals surface area contributed by atoms with Crippen LogP contribution in [0.25, 0.3) is 11.1 Å². The third-order valence-electron chi connectivity index (χ3n) is 4.04. The maximum Gasteiger partial charge on any atom is 0.230 e. The van der Waals surface area contributed by atoms with Crippen molar-refractivity contribution >= 4 is 22.4 Å². The fourth-order valence-electron chi connectivity index (χ4n) is 2.60. The molecule has 1 aromatic carbocycles. The van der Waals surface area contributed by atoms with Gasteiger partial charge in [-0.3, -0.25) is 9.48 Å². The summed E-state index contributed by atoms with van der Waals surface area (Å²) in [7, 11) is 0. The van der Waals surface area contributed by atoms with E-state index >= 15 is 0 Å². The Bertz CT molecular complexity index is 861. The summed E-state index contributed by atoms with van der Waals surface area (Å²) in [5.41, 5.74) is 3.23. The van der Waals surface area contributed by atoms with Crippen LogP contribution in [0.4, 0.5) is 5.13 Å². The van der Waals surface area contributed by atoms with E-state index in [4.69, 9.17) is 0 Å². The van der Waals surface area contributed by atoms with Crippen molar-refractivity contribution in [1.29, 1.82) is 0 Å². The van der Waals surface area contributed by atoms with E-state index in [2.05, 4.69) is 21.6 Å². The van der Waals surface area contributed by atoms with Gasteiger partial charge in [0.15, 0.2) is 5.13 Å². The average Bonchev–Trinajstić information content (AvgIpc) is 3.16. The van der Waals surface area contributed by atoms with Crippen LogP contribution in [0.3, 0.4) is 0 Å². The van der Waals surface area contributed by atoms with E-state index in [0.29, 0.717) is 17.6 Å². The second kappa shape index (κ2) is 6.20. The van der Waals surface area contributed by atoms with Crippen molar-refractivity contribution < 1.29 is 4.79 Å². The van der Waals surface area contributed by atoms with Crippen LogP contribution in [0.15, 0.2) is 42.9 Å². The van der Waals surface area contributed by atoms with Gasteiger partial charge < -0.3 is 5.32 Å². The highest BCUT2D eigenvalue weighted by Crippen LogP contribution is 2.35. The van der Waals surface area contributed by atoms with Gasteiger partial charge in [0, 0.05) is 22.8 Å². The minimum atomic E-state index is -0.0429. The third kappa shape index (κ3) is 3.38. The van der Waals surface area contributed by atoms with Crippen LogP contribution in [-0.4, -0.2) is 20.7 Å². The van der Waals surface area contributed by atoms with E-state index in [1.807, 2.05) is 42.1 Å². The number of anilines is 1. The zero-order valence-corrected chi connectivity index (χ0v) is 14.2. The number of hydrogen-bond donors (Lipinski definition) is 1. The number of nitrogens with zero attached hydrogens (tertiary/aromatic N) is 3. The molecule has 0 aliphatic heterocycles. The average molecular weight is 338 g/mol. The normalized spacial score (nSPS) is 13.9. The van der Waals surface area contributed by atoms with Gasteiger partial charge in [-0.1, -0.05) is 24.3 Å². The lowest BCUT2D eigenvalue weighted by Crippen LogP contribution is -2.14. The standard InChI is InChI=1S/C18H18N4OS/c1-12-9-19-18(24-12)21-17(23)8-13-2-4-14(5-3-13)15-10-20-22(11-15)16-6-7-16/h2-5,9-11,16H,6-8H2,1H3,(H,19,21,23). The summed E-state index contributed by atoms with van der Waals surface area (Å²) in [5.74, 6) is -0.0429. The summed E-state index contributed by atoms with van der Waals surface area (Å²) in [6.07, 6.45) is 8.58. The molecule has 0 unspecified atom stereocenters. The van der Waals surface area contributed by atoms with Crippen LogP contribution in [0.2, 0.25) is 0 Å². The van der Waals surface area contributed by atoms with Crippen LogP contribution in [0.5, 0.6) is 0 Å². The first-order chi connectivity index (χ1) is 11.7. The molecular formula is C18H18N4OS. The van der Waals surface area contributed by atoms with Gasteiger partial charge in [-0.2, -0.15) is 5.10 Å². The van der Waals surface area contributed by atoms with E-state index < -0.39 is 0 Å². The Hall–Kier alpha value is -2.47. The lowest BCUT2D eigenvalue weighted by atomic mass is 10.1. The second-order valence-electron chi connectivity index (χ2n) is 6.14. The molecule has 1 fully saturated rings. The molecule has 1 aliphatic rings. The van der Waals surface area contributed by atoms with Crippen molar-refractivity contribution in [2.24, 2.45) is 0 Å². The summed E-state index contributed by atoms with van der Waals surface area (Å²) in [4.78, 5) is 17.3. The van der Waals surface area contributed by atoms with Crippen LogP contribution in [0.1, 0.15) is 29.3 Å². The highest BCUT2D eigenvalue weighted by molar-refractivity contribution is 7.15.